The van der Waals surface area contributed by atoms with Gasteiger partial charge in [0.2, 0.25) is 0 Å². The zero-order chi connectivity index (χ0) is 9.80. The zero-order valence-corrected chi connectivity index (χ0v) is 9.50. The van der Waals surface area contributed by atoms with Crippen molar-refractivity contribution in [3.63, 3.8) is 0 Å². The summed E-state index contributed by atoms with van der Waals surface area (Å²) >= 11 is 3.37. The molecule has 0 amide bonds. The summed E-state index contributed by atoms with van der Waals surface area (Å²) in [5.74, 6) is 0.949. The Bertz CT molecular complexity index is 319. The molecule has 1 unspecified atom stereocenters. The summed E-state index contributed by atoms with van der Waals surface area (Å²) in [4.78, 5) is 4.28. The maximum atomic E-state index is 4.28. The minimum atomic E-state index is 0.456. The Balaban J connectivity index is 1.99. The first-order valence-electron chi connectivity index (χ1n) is 4.89. The highest BCUT2D eigenvalue weighted by Crippen LogP contribution is 2.16. The fraction of sp³-hybridized carbons (Fsp3) is 0.364. The first-order valence-corrected chi connectivity index (χ1v) is 5.68. The molecule has 1 aliphatic carbocycles. The third kappa shape index (κ3) is 2.58. The number of hydrogen-bond donors (Lipinski definition) is 1. The molecule has 1 aliphatic rings. The first-order chi connectivity index (χ1) is 6.84. The number of nitrogens with one attached hydrogen (secondary N) is 1. The summed E-state index contributed by atoms with van der Waals surface area (Å²) in [6.45, 7) is 0. The van der Waals surface area contributed by atoms with Crippen LogP contribution in [0.25, 0.3) is 0 Å². The van der Waals surface area contributed by atoms with Crippen molar-refractivity contribution in [2.45, 2.75) is 25.3 Å². The molecule has 0 aromatic carbocycles. The molecule has 2 nitrogen and oxygen atoms in total. The van der Waals surface area contributed by atoms with Crippen LogP contribution in [0, 0.1) is 0 Å². The van der Waals surface area contributed by atoms with Crippen molar-refractivity contribution >= 4 is 21.7 Å². The highest BCUT2D eigenvalue weighted by molar-refractivity contribution is 9.10. The fourth-order valence-corrected chi connectivity index (χ4v) is 1.82. The third-order valence-electron chi connectivity index (χ3n) is 2.31. The summed E-state index contributed by atoms with van der Waals surface area (Å²) in [5.41, 5.74) is 0. The van der Waals surface area contributed by atoms with Crippen molar-refractivity contribution in [2.75, 3.05) is 5.32 Å². The maximum absolute atomic E-state index is 4.28. The lowest BCUT2D eigenvalue weighted by Crippen LogP contribution is -2.19. The predicted octanol–water partition coefficient (Wildman–Crippen LogP) is 3.36. The number of allylic oxidation sites excluding steroid dienone is 1. The number of aromatic nitrogens is 1. The third-order valence-corrected chi connectivity index (χ3v) is 2.78. The Morgan fingerprint density at radius 1 is 1.43 bits per heavy atom. The second-order valence-corrected chi connectivity index (χ2v) is 4.39. The van der Waals surface area contributed by atoms with Gasteiger partial charge in [0.1, 0.15) is 5.82 Å². The standard InChI is InChI=1S/C11H13BrN2/c12-9-6-7-11(13-8-9)14-10-4-2-1-3-5-10/h2,4,6-8,10H,1,3,5H2,(H,13,14). The van der Waals surface area contributed by atoms with E-state index in [1.807, 2.05) is 18.3 Å². The molecule has 14 heavy (non-hydrogen) atoms. The Morgan fingerprint density at radius 2 is 2.36 bits per heavy atom. The minimum absolute atomic E-state index is 0.456. The molecule has 3 heteroatoms. The topological polar surface area (TPSA) is 24.9 Å². The van der Waals surface area contributed by atoms with E-state index in [0.29, 0.717) is 6.04 Å². The molecule has 74 valence electrons. The molecule has 1 heterocycles. The van der Waals surface area contributed by atoms with Gasteiger partial charge in [0.15, 0.2) is 0 Å². The fourth-order valence-electron chi connectivity index (χ4n) is 1.58. The lowest BCUT2D eigenvalue weighted by atomic mass is 10.0. The second kappa shape index (κ2) is 4.60. The van der Waals surface area contributed by atoms with E-state index in [2.05, 4.69) is 38.4 Å². The smallest absolute Gasteiger partial charge is 0.126 e. The van der Waals surface area contributed by atoms with E-state index in [0.717, 1.165) is 10.3 Å². The molecular formula is C11H13BrN2. The maximum Gasteiger partial charge on any atom is 0.126 e. The van der Waals surface area contributed by atoms with Crippen molar-refractivity contribution in [3.05, 3.63) is 35.0 Å². The molecule has 2 rings (SSSR count). The molecule has 1 N–H and O–H groups in total. The van der Waals surface area contributed by atoms with Crippen LogP contribution in [0.15, 0.2) is 35.0 Å². The number of anilines is 1. The Hall–Kier alpha value is -0.830. The molecule has 1 aromatic heterocycles. The van der Waals surface area contributed by atoms with E-state index in [-0.39, 0.29) is 0 Å². The number of pyridine rings is 1. The monoisotopic (exact) mass is 252 g/mol. The van der Waals surface area contributed by atoms with Crippen LogP contribution >= 0.6 is 15.9 Å². The zero-order valence-electron chi connectivity index (χ0n) is 7.91. The lowest BCUT2D eigenvalue weighted by molar-refractivity contribution is 0.671. The van der Waals surface area contributed by atoms with Gasteiger partial charge in [0.25, 0.3) is 0 Å². The summed E-state index contributed by atoms with van der Waals surface area (Å²) in [6.07, 6.45) is 9.97. The molecule has 1 aromatic rings. The first kappa shape index (κ1) is 9.71. The van der Waals surface area contributed by atoms with Crippen molar-refractivity contribution < 1.29 is 0 Å². The van der Waals surface area contributed by atoms with Gasteiger partial charge in [-0.05, 0) is 47.3 Å². The van der Waals surface area contributed by atoms with Crippen molar-refractivity contribution in [2.24, 2.45) is 0 Å². The predicted molar refractivity (Wildman–Crippen MR) is 62.3 cm³/mol. The van der Waals surface area contributed by atoms with Crippen LogP contribution in [0.3, 0.4) is 0 Å². The molecule has 0 fully saturated rings. The molecule has 0 bridgehead atoms. The van der Waals surface area contributed by atoms with Crippen molar-refractivity contribution in [1.82, 2.24) is 4.98 Å². The minimum Gasteiger partial charge on any atom is -0.364 e. The van der Waals surface area contributed by atoms with Crippen LogP contribution in [-0.4, -0.2) is 11.0 Å². The number of hydrogen-bond acceptors (Lipinski definition) is 2. The Kier molecular flexibility index (Phi) is 3.19. The number of rotatable bonds is 2. The van der Waals surface area contributed by atoms with Crippen LogP contribution < -0.4 is 5.32 Å². The van der Waals surface area contributed by atoms with Gasteiger partial charge >= 0.3 is 0 Å². The van der Waals surface area contributed by atoms with Crippen LogP contribution in [-0.2, 0) is 0 Å². The van der Waals surface area contributed by atoms with Gasteiger partial charge in [-0.15, -0.1) is 0 Å². The average molecular weight is 253 g/mol. The summed E-state index contributed by atoms with van der Waals surface area (Å²) in [5, 5.41) is 3.39. The van der Waals surface area contributed by atoms with Crippen molar-refractivity contribution in [3.8, 4) is 0 Å². The molecular weight excluding hydrogens is 240 g/mol. The molecule has 1 atom stereocenters. The second-order valence-electron chi connectivity index (χ2n) is 3.47. The van der Waals surface area contributed by atoms with Gasteiger partial charge in [-0.2, -0.15) is 0 Å². The Morgan fingerprint density at radius 3 is 3.00 bits per heavy atom. The van der Waals surface area contributed by atoms with E-state index in [1.54, 1.807) is 0 Å². The van der Waals surface area contributed by atoms with E-state index in [4.69, 9.17) is 0 Å². The van der Waals surface area contributed by atoms with Crippen LogP contribution in [0.5, 0.6) is 0 Å². The van der Waals surface area contributed by atoms with Crippen molar-refractivity contribution in [1.29, 1.82) is 0 Å². The summed E-state index contributed by atoms with van der Waals surface area (Å²) in [6, 6.07) is 4.45. The molecule has 0 saturated carbocycles. The largest absolute Gasteiger partial charge is 0.364 e. The highest BCUT2D eigenvalue weighted by atomic mass is 79.9. The van der Waals surface area contributed by atoms with Gasteiger partial charge in [0.05, 0.1) is 0 Å². The van der Waals surface area contributed by atoms with E-state index >= 15 is 0 Å². The lowest BCUT2D eigenvalue weighted by Gasteiger charge is -2.18. The van der Waals surface area contributed by atoms with Gasteiger partial charge in [-0.1, -0.05) is 12.2 Å². The summed E-state index contributed by atoms with van der Waals surface area (Å²) < 4.78 is 1.02. The molecule has 0 saturated heterocycles. The average Bonchev–Trinajstić information content (AvgIpc) is 2.23. The van der Waals surface area contributed by atoms with E-state index in [1.165, 1.54) is 19.3 Å². The van der Waals surface area contributed by atoms with Crippen LogP contribution in [0.4, 0.5) is 5.82 Å². The normalized spacial score (nSPS) is 20.8. The SMILES string of the molecule is Brc1ccc(NC2C=CCCC2)nc1. The van der Waals surface area contributed by atoms with Crippen LogP contribution in [0.1, 0.15) is 19.3 Å². The van der Waals surface area contributed by atoms with E-state index in [9.17, 15) is 0 Å². The molecule has 0 radical (unpaired) electrons. The van der Waals surface area contributed by atoms with Gasteiger partial charge in [0, 0.05) is 16.7 Å². The van der Waals surface area contributed by atoms with E-state index < -0.39 is 0 Å². The van der Waals surface area contributed by atoms with Gasteiger partial charge in [-0.25, -0.2) is 4.98 Å². The number of halogens is 1. The number of nitrogens with zero attached hydrogens (tertiary/aromatic N) is 1. The summed E-state index contributed by atoms with van der Waals surface area (Å²) in [7, 11) is 0. The Labute approximate surface area is 92.6 Å². The molecule has 0 aliphatic heterocycles. The molecule has 0 spiro atoms. The van der Waals surface area contributed by atoms with Gasteiger partial charge in [-0.3, -0.25) is 0 Å². The van der Waals surface area contributed by atoms with Gasteiger partial charge < -0.3 is 5.32 Å². The quantitative estimate of drug-likeness (QED) is 0.817. The van der Waals surface area contributed by atoms with Crippen LogP contribution in [0.2, 0.25) is 0 Å². The highest BCUT2D eigenvalue weighted by Gasteiger charge is 2.07.